The number of alkyl halides is 3. The second-order valence-electron chi connectivity index (χ2n) is 5.90. The number of piperidine rings is 1. The zero-order valence-electron chi connectivity index (χ0n) is 12.1. The van der Waals surface area contributed by atoms with Crippen LogP contribution in [0.4, 0.5) is 13.2 Å². The van der Waals surface area contributed by atoms with Crippen molar-refractivity contribution in [1.29, 1.82) is 0 Å². The van der Waals surface area contributed by atoms with E-state index in [1.807, 2.05) is 0 Å². The van der Waals surface area contributed by atoms with Gasteiger partial charge in [-0.1, -0.05) is 0 Å². The van der Waals surface area contributed by atoms with Crippen LogP contribution in [-0.2, 0) is 9.53 Å². The minimum atomic E-state index is -4.13. The van der Waals surface area contributed by atoms with Crippen LogP contribution in [-0.4, -0.2) is 55.9 Å². The molecule has 2 aliphatic rings. The summed E-state index contributed by atoms with van der Waals surface area (Å²) in [7, 11) is 0. The number of halogens is 3. The van der Waals surface area contributed by atoms with Crippen molar-refractivity contribution in [3.63, 3.8) is 0 Å². The summed E-state index contributed by atoms with van der Waals surface area (Å²) in [5.74, 6) is -0.201. The first-order valence-corrected chi connectivity index (χ1v) is 7.61. The number of rotatable bonds is 4. The lowest BCUT2D eigenvalue weighted by molar-refractivity contribution is -0.139. The Bertz CT molecular complexity index is 344. The zero-order chi connectivity index (χ0) is 15.3. The van der Waals surface area contributed by atoms with Crippen LogP contribution >= 0.6 is 0 Å². The van der Waals surface area contributed by atoms with Crippen LogP contribution in [0.2, 0.25) is 0 Å². The molecule has 0 spiro atoms. The summed E-state index contributed by atoms with van der Waals surface area (Å²) in [5.41, 5.74) is 0. The summed E-state index contributed by atoms with van der Waals surface area (Å²) < 4.78 is 42.0. The molecule has 0 radical (unpaired) electrons. The predicted octanol–water partition coefficient (Wildman–Crippen LogP) is 1.95. The average Bonchev–Trinajstić information content (AvgIpc) is 2.46. The molecule has 0 bridgehead atoms. The van der Waals surface area contributed by atoms with Crippen molar-refractivity contribution in [2.75, 3.05) is 32.8 Å². The van der Waals surface area contributed by atoms with E-state index in [1.165, 1.54) is 0 Å². The third-order valence-corrected chi connectivity index (χ3v) is 4.16. The molecule has 2 heterocycles. The summed E-state index contributed by atoms with van der Waals surface area (Å²) >= 11 is 0. The highest BCUT2D eigenvalue weighted by Gasteiger charge is 2.31. The minimum absolute atomic E-state index is 0.00938. The fourth-order valence-corrected chi connectivity index (χ4v) is 2.92. The predicted molar refractivity (Wildman–Crippen MR) is 71.8 cm³/mol. The van der Waals surface area contributed by atoms with Crippen molar-refractivity contribution < 1.29 is 22.7 Å². The van der Waals surface area contributed by atoms with Crippen molar-refractivity contribution in [2.24, 2.45) is 5.92 Å². The number of carbonyl (C=O) groups is 1. The molecule has 7 heteroatoms. The largest absolute Gasteiger partial charge is 0.390 e. The number of hydrogen-bond acceptors (Lipinski definition) is 3. The summed E-state index contributed by atoms with van der Waals surface area (Å²) in [6, 6.07) is 0.150. The van der Waals surface area contributed by atoms with E-state index >= 15 is 0 Å². The number of nitrogens with one attached hydrogen (secondary N) is 1. The Morgan fingerprint density at radius 2 is 1.95 bits per heavy atom. The molecule has 2 fully saturated rings. The molecule has 1 N–H and O–H groups in total. The Labute approximate surface area is 123 Å². The van der Waals surface area contributed by atoms with Gasteiger partial charge in [-0.3, -0.25) is 4.79 Å². The molecule has 1 atom stereocenters. The number of hydrogen-bond donors (Lipinski definition) is 1. The molecule has 4 nitrogen and oxygen atoms in total. The van der Waals surface area contributed by atoms with Gasteiger partial charge in [0.25, 0.3) is 0 Å². The lowest BCUT2D eigenvalue weighted by atomic mass is 9.96. The van der Waals surface area contributed by atoms with Gasteiger partial charge in [0.2, 0.25) is 5.91 Å². The lowest BCUT2D eigenvalue weighted by Gasteiger charge is -2.33. The SMILES string of the molecule is O=C(NC1CCOCC1)C1CCCN(CCC(F)(F)F)C1. The molecule has 0 aromatic carbocycles. The van der Waals surface area contributed by atoms with Gasteiger partial charge >= 0.3 is 6.18 Å². The molecular formula is C14H23F3N2O2. The van der Waals surface area contributed by atoms with Gasteiger partial charge in [0.1, 0.15) is 0 Å². The topological polar surface area (TPSA) is 41.6 Å². The first kappa shape index (κ1) is 16.5. The number of likely N-dealkylation sites (tertiary alicyclic amines) is 1. The van der Waals surface area contributed by atoms with Gasteiger partial charge in [-0.2, -0.15) is 13.2 Å². The number of amides is 1. The third kappa shape index (κ3) is 5.82. The van der Waals surface area contributed by atoms with E-state index in [0.29, 0.717) is 26.3 Å². The van der Waals surface area contributed by atoms with Crippen LogP contribution < -0.4 is 5.32 Å². The van der Waals surface area contributed by atoms with Gasteiger partial charge in [-0.15, -0.1) is 0 Å². The van der Waals surface area contributed by atoms with Gasteiger partial charge in [0.05, 0.1) is 12.3 Å². The lowest BCUT2D eigenvalue weighted by Crippen LogP contribution is -2.47. The number of ether oxygens (including phenoxy) is 1. The molecular weight excluding hydrogens is 285 g/mol. The maximum atomic E-state index is 12.3. The molecule has 2 aliphatic heterocycles. The van der Waals surface area contributed by atoms with E-state index in [2.05, 4.69) is 5.32 Å². The Balaban J connectivity index is 1.75. The van der Waals surface area contributed by atoms with Gasteiger partial charge in [0.15, 0.2) is 0 Å². The first-order valence-electron chi connectivity index (χ1n) is 7.61. The standard InChI is InChI=1S/C14H23F3N2O2/c15-14(16,17)5-7-19-6-1-2-11(10-19)13(20)18-12-3-8-21-9-4-12/h11-12H,1-10H2,(H,18,20). The van der Waals surface area contributed by atoms with Gasteiger partial charge in [-0.05, 0) is 32.2 Å². The van der Waals surface area contributed by atoms with E-state index in [4.69, 9.17) is 4.74 Å². The van der Waals surface area contributed by atoms with Crippen LogP contribution in [0.15, 0.2) is 0 Å². The Morgan fingerprint density at radius 1 is 1.24 bits per heavy atom. The first-order chi connectivity index (χ1) is 9.94. The van der Waals surface area contributed by atoms with Gasteiger partial charge in [-0.25, -0.2) is 0 Å². The monoisotopic (exact) mass is 308 g/mol. The van der Waals surface area contributed by atoms with Crippen molar-refractivity contribution in [3.8, 4) is 0 Å². The van der Waals surface area contributed by atoms with Gasteiger partial charge in [0, 0.05) is 32.3 Å². The van der Waals surface area contributed by atoms with Gasteiger partial charge < -0.3 is 15.0 Å². The molecule has 1 unspecified atom stereocenters. The van der Waals surface area contributed by atoms with Crippen LogP contribution in [0, 0.1) is 5.92 Å². The summed E-state index contributed by atoms with van der Waals surface area (Å²) in [6.07, 6.45) is -1.76. The van der Waals surface area contributed by atoms with Crippen molar-refractivity contribution >= 4 is 5.91 Å². The van der Waals surface area contributed by atoms with Crippen molar-refractivity contribution in [2.45, 2.75) is 44.3 Å². The Hall–Kier alpha value is -0.820. The normalized spacial score (nSPS) is 25.8. The van der Waals surface area contributed by atoms with E-state index in [9.17, 15) is 18.0 Å². The van der Waals surface area contributed by atoms with Crippen molar-refractivity contribution in [1.82, 2.24) is 10.2 Å². The van der Waals surface area contributed by atoms with E-state index in [1.54, 1.807) is 4.90 Å². The van der Waals surface area contributed by atoms with E-state index in [0.717, 1.165) is 25.7 Å². The summed E-state index contributed by atoms with van der Waals surface area (Å²) in [4.78, 5) is 14.0. The molecule has 0 aromatic heterocycles. The second-order valence-corrected chi connectivity index (χ2v) is 5.90. The molecule has 2 saturated heterocycles. The van der Waals surface area contributed by atoms with Crippen LogP contribution in [0.3, 0.4) is 0 Å². The molecule has 0 saturated carbocycles. The highest BCUT2D eigenvalue weighted by atomic mass is 19.4. The molecule has 0 aromatic rings. The number of nitrogens with zero attached hydrogens (tertiary/aromatic N) is 1. The zero-order valence-corrected chi connectivity index (χ0v) is 12.1. The molecule has 122 valence electrons. The molecule has 2 rings (SSSR count). The average molecular weight is 308 g/mol. The number of carbonyl (C=O) groups excluding carboxylic acids is 1. The third-order valence-electron chi connectivity index (χ3n) is 4.16. The molecule has 21 heavy (non-hydrogen) atoms. The van der Waals surface area contributed by atoms with Crippen LogP contribution in [0.1, 0.15) is 32.1 Å². The Morgan fingerprint density at radius 3 is 2.62 bits per heavy atom. The minimum Gasteiger partial charge on any atom is -0.381 e. The summed E-state index contributed by atoms with van der Waals surface area (Å²) in [6.45, 7) is 2.40. The quantitative estimate of drug-likeness (QED) is 0.863. The van der Waals surface area contributed by atoms with E-state index in [-0.39, 0.29) is 24.4 Å². The highest BCUT2D eigenvalue weighted by molar-refractivity contribution is 5.79. The maximum Gasteiger partial charge on any atom is 0.390 e. The Kier molecular flexibility index (Phi) is 5.87. The summed E-state index contributed by atoms with van der Waals surface area (Å²) in [5, 5.41) is 3.01. The van der Waals surface area contributed by atoms with E-state index < -0.39 is 12.6 Å². The highest BCUT2D eigenvalue weighted by Crippen LogP contribution is 2.23. The maximum absolute atomic E-state index is 12.3. The fraction of sp³-hybridized carbons (Fsp3) is 0.929. The van der Waals surface area contributed by atoms with Crippen LogP contribution in [0.5, 0.6) is 0 Å². The molecule has 0 aliphatic carbocycles. The smallest absolute Gasteiger partial charge is 0.381 e. The van der Waals surface area contributed by atoms with Crippen LogP contribution in [0.25, 0.3) is 0 Å². The second kappa shape index (κ2) is 7.45. The van der Waals surface area contributed by atoms with Crippen molar-refractivity contribution in [3.05, 3.63) is 0 Å². The molecule has 1 amide bonds. The fourth-order valence-electron chi connectivity index (χ4n) is 2.92.